The van der Waals surface area contributed by atoms with Crippen molar-refractivity contribution in [3.63, 3.8) is 0 Å². The molecule has 0 amide bonds. The van der Waals surface area contributed by atoms with Crippen LogP contribution in [0.3, 0.4) is 0 Å². The second-order valence-electron chi connectivity index (χ2n) is 11.0. The predicted octanol–water partition coefficient (Wildman–Crippen LogP) is 7.90. The Bertz CT molecular complexity index is 2030. The van der Waals surface area contributed by atoms with Gasteiger partial charge in [0.25, 0.3) is 5.84 Å². The average Bonchev–Trinajstić information content (AvgIpc) is 3.64. The molecule has 0 saturated carbocycles. The molecule has 5 aromatic rings. The van der Waals surface area contributed by atoms with Crippen LogP contribution in [0.4, 0.5) is 14.4 Å². The molecule has 0 bridgehead atoms. The fourth-order valence-corrected chi connectivity index (χ4v) is 6.03. The summed E-state index contributed by atoms with van der Waals surface area (Å²) in [4.78, 5) is 4.98. The number of halogens is 2. The van der Waals surface area contributed by atoms with E-state index in [9.17, 15) is 10.2 Å². The van der Waals surface area contributed by atoms with Gasteiger partial charge >= 0.3 is 6.97 Å². The van der Waals surface area contributed by atoms with E-state index in [1.54, 1.807) is 84.9 Å². The smallest absolute Gasteiger partial charge is 0.508 e. The second kappa shape index (κ2) is 11.4. The fourth-order valence-electron chi connectivity index (χ4n) is 6.03. The first kappa shape index (κ1) is 29.1. The van der Waals surface area contributed by atoms with Crippen LogP contribution in [0.1, 0.15) is 25.0 Å². The number of hydrogen-bond acceptors (Lipinski definition) is 5. The number of phenolic OH excluding ortho intramolecular Hbond substituents is 2. The van der Waals surface area contributed by atoms with Gasteiger partial charge in [-0.3, -0.25) is 0 Å². The van der Waals surface area contributed by atoms with E-state index < -0.39 is 6.97 Å². The fraction of sp³-hybridized carbons (Fsp3) is 0.111. The Kier molecular flexibility index (Phi) is 7.20. The highest BCUT2D eigenvalue weighted by atomic mass is 19.2. The zero-order valence-corrected chi connectivity index (χ0v) is 25.2. The molecule has 0 spiro atoms. The molecule has 0 unspecified atom stereocenters. The van der Waals surface area contributed by atoms with Gasteiger partial charge in [0.15, 0.2) is 0 Å². The topological polar surface area (TPSA) is 79.2 Å². The monoisotopic (exact) mass is 617 g/mol. The Morgan fingerprint density at radius 2 is 1.20 bits per heavy atom. The van der Waals surface area contributed by atoms with E-state index in [0.29, 0.717) is 58.1 Å². The molecule has 0 aliphatic carbocycles. The molecule has 2 aliphatic rings. The lowest BCUT2D eigenvalue weighted by atomic mass is 9.90. The highest BCUT2D eigenvalue weighted by Crippen LogP contribution is 2.46. The van der Waals surface area contributed by atoms with Crippen molar-refractivity contribution in [2.24, 2.45) is 4.99 Å². The Morgan fingerprint density at radius 3 is 1.74 bits per heavy atom. The molecule has 0 radical (unpaired) electrons. The van der Waals surface area contributed by atoms with Gasteiger partial charge in [0.2, 0.25) is 5.82 Å². The highest BCUT2D eigenvalue weighted by molar-refractivity contribution is 6.63. The van der Waals surface area contributed by atoms with Crippen molar-refractivity contribution in [1.82, 2.24) is 4.48 Å². The van der Waals surface area contributed by atoms with Gasteiger partial charge in [0.05, 0.1) is 24.5 Å². The first-order valence-electron chi connectivity index (χ1n) is 15.1. The van der Waals surface area contributed by atoms with Crippen LogP contribution in [0.2, 0.25) is 0 Å². The van der Waals surface area contributed by atoms with Crippen LogP contribution in [-0.4, -0.2) is 50.9 Å². The van der Waals surface area contributed by atoms with E-state index in [-0.39, 0.29) is 34.6 Å². The normalized spacial score (nSPS) is 14.8. The summed E-state index contributed by atoms with van der Waals surface area (Å²) in [6.45, 7) is 0.226. The van der Waals surface area contributed by atoms with Crippen LogP contribution < -0.4 is 9.47 Å². The molecule has 0 fully saturated rings. The molecule has 3 heterocycles. The van der Waals surface area contributed by atoms with Gasteiger partial charge in [0.1, 0.15) is 23.0 Å². The first-order valence-corrected chi connectivity index (χ1v) is 15.1. The Balaban J connectivity index is 1.50. The molecule has 230 valence electrons. The maximum absolute atomic E-state index is 17.5. The van der Waals surface area contributed by atoms with Gasteiger partial charge in [0, 0.05) is 16.8 Å². The summed E-state index contributed by atoms with van der Waals surface area (Å²) in [5.74, 6) is 1.62. The lowest BCUT2D eigenvalue weighted by molar-refractivity contribution is -0.291. The summed E-state index contributed by atoms with van der Waals surface area (Å²) >= 11 is 0. The molecular formula is C36H30BF2N3O4. The molecule has 7 rings (SSSR count). The zero-order valence-electron chi connectivity index (χ0n) is 25.2. The Labute approximate surface area is 264 Å². The van der Waals surface area contributed by atoms with Gasteiger partial charge in [-0.2, -0.15) is 0 Å². The van der Waals surface area contributed by atoms with Gasteiger partial charge in [-0.25, -0.2) is 0 Å². The number of hydrogen-bond donors (Lipinski definition) is 2. The van der Waals surface area contributed by atoms with Crippen molar-refractivity contribution >= 4 is 29.9 Å². The number of ether oxygens (including phenoxy) is 2. The van der Waals surface area contributed by atoms with E-state index in [1.807, 2.05) is 13.8 Å². The lowest BCUT2D eigenvalue weighted by Gasteiger charge is -2.32. The van der Waals surface area contributed by atoms with Gasteiger partial charge < -0.3 is 37.3 Å². The van der Waals surface area contributed by atoms with Crippen LogP contribution >= 0.6 is 0 Å². The van der Waals surface area contributed by atoms with Crippen molar-refractivity contribution in [2.45, 2.75) is 13.8 Å². The molecule has 2 N–H and O–H groups in total. The lowest BCUT2D eigenvalue weighted by Crippen LogP contribution is -2.53. The van der Waals surface area contributed by atoms with E-state index in [1.165, 1.54) is 24.3 Å². The van der Waals surface area contributed by atoms with Crippen molar-refractivity contribution in [3.8, 4) is 45.4 Å². The number of allylic oxidation sites excluding steroid dienone is 1. The first-order chi connectivity index (χ1) is 22.3. The number of aliphatic imine (C=N–C) groups is 1. The third kappa shape index (κ3) is 4.92. The van der Waals surface area contributed by atoms with Gasteiger partial charge in [-0.1, -0.05) is 24.3 Å². The van der Waals surface area contributed by atoms with E-state index in [4.69, 9.17) is 14.5 Å². The number of phenols is 2. The minimum Gasteiger partial charge on any atom is -0.508 e. The third-order valence-electron chi connectivity index (χ3n) is 8.13. The highest BCUT2D eigenvalue weighted by Gasteiger charge is 2.53. The summed E-state index contributed by atoms with van der Waals surface area (Å²) in [5, 5.41) is 19.9. The summed E-state index contributed by atoms with van der Waals surface area (Å²) < 4.78 is 48.2. The molecule has 0 atom stereocenters. The second-order valence-corrected chi connectivity index (χ2v) is 11.0. The molecule has 0 saturated heterocycles. The number of rotatable bonds is 8. The van der Waals surface area contributed by atoms with Crippen molar-refractivity contribution in [3.05, 3.63) is 120 Å². The molecule has 1 aromatic heterocycles. The SMILES string of the molecule is CCOc1ccc(C2=[N+]3C(=Nc4c(-c5ccc(O)cc5)cc(-c5ccc(OCC)cc5)n4[B-]3(F)F)C(c3ccc(O)cc3)=C2)cc1. The predicted molar refractivity (Wildman–Crippen MR) is 177 cm³/mol. The van der Waals surface area contributed by atoms with Gasteiger partial charge in [-0.15, -0.1) is 0 Å². The van der Waals surface area contributed by atoms with Crippen LogP contribution in [0.15, 0.2) is 114 Å². The van der Waals surface area contributed by atoms with Crippen molar-refractivity contribution < 1.29 is 32.8 Å². The van der Waals surface area contributed by atoms with E-state index in [2.05, 4.69) is 0 Å². The number of aromatic hydroxyl groups is 2. The van der Waals surface area contributed by atoms with Crippen LogP contribution in [0.5, 0.6) is 23.0 Å². The summed E-state index contributed by atoms with van der Waals surface area (Å²) in [6, 6.07) is 28.7. The van der Waals surface area contributed by atoms with Gasteiger partial charge in [-0.05, 0) is 120 Å². The average molecular weight is 617 g/mol. The van der Waals surface area contributed by atoms with Crippen LogP contribution in [-0.2, 0) is 0 Å². The maximum Gasteiger partial charge on any atom is 0.642 e. The summed E-state index contributed by atoms with van der Waals surface area (Å²) in [6.07, 6.45) is 1.72. The minimum absolute atomic E-state index is 0.0681. The number of aromatic nitrogens is 1. The third-order valence-corrected chi connectivity index (χ3v) is 8.13. The van der Waals surface area contributed by atoms with E-state index in [0.717, 1.165) is 8.96 Å². The maximum atomic E-state index is 17.5. The number of benzene rings is 4. The minimum atomic E-state index is -4.51. The molecule has 46 heavy (non-hydrogen) atoms. The number of fused-ring (bicyclic) bond motifs is 2. The quantitative estimate of drug-likeness (QED) is 0.174. The molecule has 7 nitrogen and oxygen atoms in total. The molecule has 10 heteroatoms. The largest absolute Gasteiger partial charge is 0.642 e. The Morgan fingerprint density at radius 1 is 0.696 bits per heavy atom. The van der Waals surface area contributed by atoms with Crippen molar-refractivity contribution in [2.75, 3.05) is 13.2 Å². The van der Waals surface area contributed by atoms with Crippen LogP contribution in [0, 0.1) is 0 Å². The summed E-state index contributed by atoms with van der Waals surface area (Å²) in [5.41, 5.74) is 3.98. The Hall–Kier alpha value is -5.64. The van der Waals surface area contributed by atoms with Crippen LogP contribution in [0.25, 0.3) is 28.0 Å². The number of amidine groups is 1. The van der Waals surface area contributed by atoms with E-state index >= 15 is 8.63 Å². The molecule has 4 aromatic carbocycles. The standard InChI is InChI=1S/C36H30BF2N3O4/c1-3-45-29-17-9-25(10-18-29)33-21-31(23-5-13-27(43)14-6-23)35-40-36-32(24-7-15-28(44)16-8-24)22-34(42(36)37(38,39)41(33)35)26-11-19-30(20-12-26)46-4-2/h5-22,43-44H,3-4H2,1-2H3. The molecule has 2 aliphatic heterocycles. The molecular weight excluding hydrogens is 587 g/mol. The zero-order chi connectivity index (χ0) is 32.0. The van der Waals surface area contributed by atoms with Crippen molar-refractivity contribution in [1.29, 1.82) is 0 Å². The number of nitrogens with zero attached hydrogens (tertiary/aromatic N) is 3. The summed E-state index contributed by atoms with van der Waals surface area (Å²) in [7, 11) is 0.